The molecule has 0 unspecified atom stereocenters. The molecule has 0 aromatic heterocycles. The number of amides is 2. The Morgan fingerprint density at radius 2 is 1.75 bits per heavy atom. The lowest BCUT2D eigenvalue weighted by Gasteiger charge is -2.18. The summed E-state index contributed by atoms with van der Waals surface area (Å²) in [7, 11) is 0. The molecule has 0 saturated heterocycles. The molecule has 2 N–H and O–H groups in total. The highest BCUT2D eigenvalue weighted by Gasteiger charge is 2.22. The van der Waals surface area contributed by atoms with Crippen LogP contribution in [0.3, 0.4) is 0 Å². The Labute approximate surface area is 139 Å². The zero-order valence-corrected chi connectivity index (χ0v) is 12.8. The highest BCUT2D eigenvalue weighted by molar-refractivity contribution is 5.97. The van der Waals surface area contributed by atoms with Crippen molar-refractivity contribution in [2.75, 3.05) is 6.54 Å². The minimum atomic E-state index is -0.983. The Kier molecular flexibility index (Phi) is 6.03. The average molecular weight is 325 g/mol. The Balaban J connectivity index is 2.16. The number of nitriles is 1. The molecule has 2 aromatic carbocycles. The molecule has 1 atom stereocenters. The lowest BCUT2D eigenvalue weighted by atomic mass is 10.0. The summed E-state index contributed by atoms with van der Waals surface area (Å²) in [6.45, 7) is -0.187. The van der Waals surface area contributed by atoms with Crippen LogP contribution in [0.2, 0.25) is 0 Å². The molecule has 6 heteroatoms. The third-order valence-corrected chi connectivity index (χ3v) is 3.38. The first kappa shape index (κ1) is 17.2. The van der Waals surface area contributed by atoms with E-state index in [1.165, 1.54) is 6.07 Å². The van der Waals surface area contributed by atoms with Gasteiger partial charge >= 0.3 is 0 Å². The zero-order chi connectivity index (χ0) is 17.4. The molecular formula is C18H16FN3O2. The van der Waals surface area contributed by atoms with Gasteiger partial charge in [-0.2, -0.15) is 5.26 Å². The molecule has 2 amide bonds. The normalized spacial score (nSPS) is 11.2. The molecule has 0 fully saturated rings. The van der Waals surface area contributed by atoms with Crippen LogP contribution < -0.4 is 10.6 Å². The number of carbonyl (C=O) groups is 2. The predicted octanol–water partition coefficient (Wildman–Crippen LogP) is 1.81. The van der Waals surface area contributed by atoms with Crippen molar-refractivity contribution in [3.63, 3.8) is 0 Å². The standard InChI is InChI=1S/C18H16FN3O2/c19-15-9-5-4-8-14(15)12-16(18(24)21-11-10-20)22-17(23)13-6-2-1-3-7-13/h1-9,16H,11-12H2,(H,21,24)(H,22,23)/t16-/m0/s1. The van der Waals surface area contributed by atoms with Gasteiger partial charge in [-0.25, -0.2) is 4.39 Å². The van der Waals surface area contributed by atoms with Crippen molar-refractivity contribution in [1.82, 2.24) is 10.6 Å². The summed E-state index contributed by atoms with van der Waals surface area (Å²) >= 11 is 0. The summed E-state index contributed by atoms with van der Waals surface area (Å²) in [5.74, 6) is -1.43. The molecule has 0 bridgehead atoms. The first-order valence-electron chi connectivity index (χ1n) is 7.36. The SMILES string of the molecule is N#CCNC(=O)[C@H](Cc1ccccc1F)NC(=O)c1ccccc1. The largest absolute Gasteiger partial charge is 0.341 e. The van der Waals surface area contributed by atoms with Crippen LogP contribution in [0.15, 0.2) is 54.6 Å². The Hall–Kier alpha value is -3.20. The van der Waals surface area contributed by atoms with Crippen LogP contribution in [0.25, 0.3) is 0 Å². The number of rotatable bonds is 6. The van der Waals surface area contributed by atoms with Gasteiger partial charge in [0.05, 0.1) is 6.07 Å². The van der Waals surface area contributed by atoms with E-state index in [2.05, 4.69) is 10.6 Å². The van der Waals surface area contributed by atoms with Gasteiger partial charge in [0, 0.05) is 12.0 Å². The van der Waals surface area contributed by atoms with Crippen molar-refractivity contribution in [2.45, 2.75) is 12.5 Å². The van der Waals surface area contributed by atoms with Gasteiger partial charge in [0.25, 0.3) is 5.91 Å². The van der Waals surface area contributed by atoms with E-state index in [9.17, 15) is 14.0 Å². The fraction of sp³-hybridized carbons (Fsp3) is 0.167. The molecule has 122 valence electrons. The van der Waals surface area contributed by atoms with E-state index in [4.69, 9.17) is 5.26 Å². The number of nitrogens with one attached hydrogen (secondary N) is 2. The Morgan fingerprint density at radius 1 is 1.08 bits per heavy atom. The highest BCUT2D eigenvalue weighted by atomic mass is 19.1. The van der Waals surface area contributed by atoms with E-state index >= 15 is 0 Å². The monoisotopic (exact) mass is 325 g/mol. The third-order valence-electron chi connectivity index (χ3n) is 3.38. The van der Waals surface area contributed by atoms with E-state index in [-0.39, 0.29) is 13.0 Å². The van der Waals surface area contributed by atoms with E-state index in [1.54, 1.807) is 54.6 Å². The number of nitrogens with zero attached hydrogens (tertiary/aromatic N) is 1. The van der Waals surface area contributed by atoms with Crippen molar-refractivity contribution in [1.29, 1.82) is 5.26 Å². The van der Waals surface area contributed by atoms with Crippen molar-refractivity contribution in [3.8, 4) is 6.07 Å². The first-order chi connectivity index (χ1) is 11.6. The third kappa shape index (κ3) is 4.65. The summed E-state index contributed by atoms with van der Waals surface area (Å²) in [5.41, 5.74) is 0.701. The summed E-state index contributed by atoms with van der Waals surface area (Å²) < 4.78 is 13.8. The van der Waals surface area contributed by atoms with Crippen LogP contribution >= 0.6 is 0 Å². The summed E-state index contributed by atoms with van der Waals surface area (Å²) in [5, 5.41) is 13.6. The van der Waals surface area contributed by atoms with Crippen LogP contribution in [0.5, 0.6) is 0 Å². The maximum atomic E-state index is 13.8. The second kappa shape index (κ2) is 8.44. The van der Waals surface area contributed by atoms with Gasteiger partial charge in [0.2, 0.25) is 5.91 Å². The molecule has 0 heterocycles. The van der Waals surface area contributed by atoms with Crippen molar-refractivity contribution in [2.24, 2.45) is 0 Å². The number of hydrogen-bond donors (Lipinski definition) is 2. The number of hydrogen-bond acceptors (Lipinski definition) is 3. The minimum absolute atomic E-state index is 0.0114. The first-order valence-corrected chi connectivity index (χ1v) is 7.36. The summed E-state index contributed by atoms with van der Waals surface area (Å²) in [6.07, 6.45) is -0.0114. The van der Waals surface area contributed by atoms with Gasteiger partial charge in [-0.05, 0) is 23.8 Å². The summed E-state index contributed by atoms with van der Waals surface area (Å²) in [4.78, 5) is 24.4. The fourth-order valence-corrected chi connectivity index (χ4v) is 2.17. The van der Waals surface area contributed by atoms with Crippen LogP contribution in [-0.2, 0) is 11.2 Å². The van der Waals surface area contributed by atoms with Crippen LogP contribution in [0, 0.1) is 17.1 Å². The van der Waals surface area contributed by atoms with E-state index in [0.717, 1.165) is 0 Å². The van der Waals surface area contributed by atoms with Crippen LogP contribution in [0.1, 0.15) is 15.9 Å². The second-order valence-corrected chi connectivity index (χ2v) is 5.06. The average Bonchev–Trinajstić information content (AvgIpc) is 2.61. The highest BCUT2D eigenvalue weighted by Crippen LogP contribution is 2.10. The van der Waals surface area contributed by atoms with E-state index < -0.39 is 23.7 Å². The predicted molar refractivity (Wildman–Crippen MR) is 86.4 cm³/mol. The maximum Gasteiger partial charge on any atom is 0.251 e. The van der Waals surface area contributed by atoms with Gasteiger partial charge in [0.1, 0.15) is 18.4 Å². The van der Waals surface area contributed by atoms with Gasteiger partial charge in [0.15, 0.2) is 0 Å². The molecule has 5 nitrogen and oxygen atoms in total. The van der Waals surface area contributed by atoms with Gasteiger partial charge in [-0.1, -0.05) is 36.4 Å². The number of halogens is 1. The fourth-order valence-electron chi connectivity index (χ4n) is 2.17. The van der Waals surface area contributed by atoms with E-state index in [0.29, 0.717) is 11.1 Å². The van der Waals surface area contributed by atoms with Crippen molar-refractivity contribution in [3.05, 3.63) is 71.5 Å². The van der Waals surface area contributed by atoms with Crippen LogP contribution in [-0.4, -0.2) is 24.4 Å². The Bertz CT molecular complexity index is 756. The number of carbonyl (C=O) groups excluding carboxylic acids is 2. The minimum Gasteiger partial charge on any atom is -0.341 e. The number of benzene rings is 2. The lowest BCUT2D eigenvalue weighted by Crippen LogP contribution is -2.48. The second-order valence-electron chi connectivity index (χ2n) is 5.06. The molecule has 2 rings (SSSR count). The summed E-state index contributed by atoms with van der Waals surface area (Å²) in [6, 6.07) is 15.3. The van der Waals surface area contributed by atoms with Crippen molar-refractivity contribution >= 4 is 11.8 Å². The smallest absolute Gasteiger partial charge is 0.251 e. The lowest BCUT2D eigenvalue weighted by molar-refractivity contribution is -0.122. The topological polar surface area (TPSA) is 82.0 Å². The zero-order valence-electron chi connectivity index (χ0n) is 12.8. The molecule has 0 saturated carbocycles. The maximum absolute atomic E-state index is 13.8. The molecule has 0 aliphatic heterocycles. The van der Waals surface area contributed by atoms with E-state index in [1.807, 2.05) is 0 Å². The molecule has 2 aromatic rings. The van der Waals surface area contributed by atoms with Gasteiger partial charge in [-0.15, -0.1) is 0 Å². The Morgan fingerprint density at radius 3 is 2.42 bits per heavy atom. The van der Waals surface area contributed by atoms with Crippen LogP contribution in [0.4, 0.5) is 4.39 Å². The van der Waals surface area contributed by atoms with Crippen molar-refractivity contribution < 1.29 is 14.0 Å². The molecular weight excluding hydrogens is 309 g/mol. The molecule has 0 aliphatic rings. The van der Waals surface area contributed by atoms with Gasteiger partial charge in [-0.3, -0.25) is 9.59 Å². The molecule has 0 radical (unpaired) electrons. The molecule has 0 spiro atoms. The van der Waals surface area contributed by atoms with Gasteiger partial charge < -0.3 is 10.6 Å². The molecule has 0 aliphatic carbocycles. The molecule has 24 heavy (non-hydrogen) atoms. The quantitative estimate of drug-likeness (QED) is 0.795.